The first-order valence-electron chi connectivity index (χ1n) is 4.59. The molecule has 0 atom stereocenters. The number of hydrogen-bond donors (Lipinski definition) is 0. The Hall–Kier alpha value is -0.510. The third-order valence-corrected chi connectivity index (χ3v) is 3.49. The lowest BCUT2D eigenvalue weighted by Gasteiger charge is -2.16. The Morgan fingerprint density at radius 3 is 2.36 bits per heavy atom. The van der Waals surface area contributed by atoms with Gasteiger partial charge >= 0.3 is 21.2 Å². The van der Waals surface area contributed by atoms with Crippen molar-refractivity contribution in [3.8, 4) is 0 Å². The normalized spacial score (nSPS) is 11.9. The molecule has 1 rings (SSSR count). The Balaban J connectivity index is 2.35. The molecule has 1 aromatic rings. The van der Waals surface area contributed by atoms with Gasteiger partial charge in [-0.1, -0.05) is 18.2 Å². The topological polar surface area (TPSA) is 9.23 Å². The highest BCUT2D eigenvalue weighted by atomic mass is 127. The van der Waals surface area contributed by atoms with Crippen LogP contribution in [-0.2, 0) is 4.74 Å². The quantitative estimate of drug-likeness (QED) is 0.574. The summed E-state index contributed by atoms with van der Waals surface area (Å²) in [6, 6.07) is 10.5. The Kier molecular flexibility index (Phi) is 4.45. The number of halogens is 1. The Morgan fingerprint density at radius 1 is 1.14 bits per heavy atom. The van der Waals surface area contributed by atoms with Crippen molar-refractivity contribution in [3.05, 3.63) is 44.2 Å². The molecule has 0 spiro atoms. The van der Waals surface area contributed by atoms with E-state index in [-0.39, 0.29) is 26.8 Å². The maximum atomic E-state index is 5.50. The van der Waals surface area contributed by atoms with Gasteiger partial charge in [-0.05, 0) is 32.9 Å². The van der Waals surface area contributed by atoms with Crippen LogP contribution in [0.3, 0.4) is 0 Å². The summed E-state index contributed by atoms with van der Waals surface area (Å²) in [6.07, 6.45) is 1.83. The van der Waals surface area contributed by atoms with Gasteiger partial charge in [-0.15, -0.1) is 0 Å². The van der Waals surface area contributed by atoms with Crippen molar-refractivity contribution in [2.24, 2.45) is 0 Å². The monoisotopic (exact) mass is 303 g/mol. The van der Waals surface area contributed by atoms with Crippen LogP contribution in [0.4, 0.5) is 0 Å². The maximum Gasteiger partial charge on any atom is 0.352 e. The summed E-state index contributed by atoms with van der Waals surface area (Å²) in [7, 11) is 0. The van der Waals surface area contributed by atoms with Gasteiger partial charge in [0.05, 0.1) is 5.60 Å². The zero-order valence-electron chi connectivity index (χ0n) is 8.83. The van der Waals surface area contributed by atoms with E-state index in [0.717, 1.165) is 0 Å². The number of hydrogen-bond acceptors (Lipinski definition) is 1. The second-order valence-electron chi connectivity index (χ2n) is 3.90. The number of benzene rings is 1. The molecular weight excluding hydrogens is 287 g/mol. The van der Waals surface area contributed by atoms with E-state index < -0.39 is 0 Å². The molecule has 1 aromatic carbocycles. The molecule has 0 saturated carbocycles. The van der Waals surface area contributed by atoms with Crippen molar-refractivity contribution in [3.63, 3.8) is 0 Å². The van der Waals surface area contributed by atoms with Crippen molar-refractivity contribution in [2.75, 3.05) is 0 Å². The van der Waals surface area contributed by atoms with Crippen molar-refractivity contribution in [1.82, 2.24) is 0 Å². The number of rotatable bonds is 3. The maximum absolute atomic E-state index is 5.50. The van der Waals surface area contributed by atoms with Gasteiger partial charge in [0.2, 0.25) is 0 Å². The molecule has 14 heavy (non-hydrogen) atoms. The fourth-order valence-corrected chi connectivity index (χ4v) is 2.35. The zero-order chi connectivity index (χ0) is 10.4. The fourth-order valence-electron chi connectivity index (χ4n) is 0.816. The molecule has 0 aliphatic carbocycles. The van der Waals surface area contributed by atoms with Gasteiger partial charge in [0.15, 0.2) is 7.65 Å². The van der Waals surface area contributed by atoms with E-state index in [9.17, 15) is 0 Å². The molecule has 0 heterocycles. The first-order chi connectivity index (χ1) is 6.58. The summed E-state index contributed by atoms with van der Waals surface area (Å²) in [5, 5.41) is 0. The summed E-state index contributed by atoms with van der Waals surface area (Å²) in [5.41, 5.74) is -0.0725. The van der Waals surface area contributed by atoms with Crippen LogP contribution in [0.5, 0.6) is 0 Å². The van der Waals surface area contributed by atoms with E-state index in [1.165, 1.54) is 3.57 Å². The molecule has 0 aromatic heterocycles. The minimum atomic E-state index is -0.0725. The highest BCUT2D eigenvalue weighted by molar-refractivity contribution is 4.99. The van der Waals surface area contributed by atoms with Crippen LogP contribution < -0.4 is 21.2 Å². The zero-order valence-corrected chi connectivity index (χ0v) is 11.0. The Morgan fingerprint density at radius 2 is 1.79 bits per heavy atom. The molecule has 1 nitrogen and oxygen atoms in total. The van der Waals surface area contributed by atoms with Crippen molar-refractivity contribution < 1.29 is 25.9 Å². The van der Waals surface area contributed by atoms with Gasteiger partial charge in [-0.2, -0.15) is 0 Å². The average Bonchev–Trinajstić information content (AvgIpc) is 2.13. The standard InChI is InChI=1S/C12H16IO/c1-12(2,3)14-10-9-13-11-7-5-4-6-8-11/h4-10H,1-3H3/q+1/b10-9-. The van der Waals surface area contributed by atoms with E-state index in [1.807, 2.05) is 12.3 Å². The Labute approximate surface area is 96.4 Å². The molecule has 0 aliphatic rings. The van der Waals surface area contributed by atoms with Gasteiger partial charge in [0.25, 0.3) is 0 Å². The van der Waals surface area contributed by atoms with Crippen LogP contribution in [0.1, 0.15) is 20.8 Å². The smallest absolute Gasteiger partial charge is 0.352 e. The highest BCUT2D eigenvalue weighted by Crippen LogP contribution is 2.05. The van der Waals surface area contributed by atoms with Crippen LogP contribution in [0, 0.1) is 3.57 Å². The Bertz CT molecular complexity index is 285. The van der Waals surface area contributed by atoms with Crippen molar-refractivity contribution in [2.45, 2.75) is 26.4 Å². The summed E-state index contributed by atoms with van der Waals surface area (Å²) in [5.74, 6) is 0. The molecule has 0 aliphatic heterocycles. The molecule has 2 heteroatoms. The predicted octanol–water partition coefficient (Wildman–Crippen LogP) is 0.232. The molecule has 0 N–H and O–H groups in total. The summed E-state index contributed by atoms with van der Waals surface area (Å²) in [4.78, 5) is 0. The SMILES string of the molecule is CC(C)(C)O/C=C\[I+]c1ccccc1. The molecule has 76 valence electrons. The first-order valence-corrected chi connectivity index (χ1v) is 6.92. The van der Waals surface area contributed by atoms with Crippen molar-refractivity contribution >= 4 is 0 Å². The molecule has 0 radical (unpaired) electrons. The third-order valence-electron chi connectivity index (χ3n) is 1.40. The van der Waals surface area contributed by atoms with Crippen LogP contribution in [-0.4, -0.2) is 5.60 Å². The second-order valence-corrected chi connectivity index (χ2v) is 6.48. The first kappa shape index (κ1) is 11.6. The molecule has 0 unspecified atom stereocenters. The average molecular weight is 303 g/mol. The highest BCUT2D eigenvalue weighted by Gasteiger charge is 2.10. The molecule has 0 bridgehead atoms. The lowest BCUT2D eigenvalue weighted by Crippen LogP contribution is -3.59. The molecule has 0 saturated heterocycles. The minimum Gasteiger partial charge on any atom is -0.492 e. The van der Waals surface area contributed by atoms with Crippen LogP contribution in [0.25, 0.3) is 0 Å². The van der Waals surface area contributed by atoms with E-state index in [2.05, 4.69) is 49.1 Å². The van der Waals surface area contributed by atoms with E-state index in [0.29, 0.717) is 0 Å². The minimum absolute atomic E-state index is 0.0335. The lowest BCUT2D eigenvalue weighted by atomic mass is 10.2. The predicted molar refractivity (Wildman–Crippen MR) is 55.1 cm³/mol. The molecule has 0 fully saturated rings. The van der Waals surface area contributed by atoms with Gasteiger partial charge in [0, 0.05) is 0 Å². The van der Waals surface area contributed by atoms with Gasteiger partial charge in [-0.25, -0.2) is 0 Å². The lowest BCUT2D eigenvalue weighted by molar-refractivity contribution is -0.558. The van der Waals surface area contributed by atoms with Gasteiger partial charge < -0.3 is 4.74 Å². The molecular formula is C12H16IO+. The van der Waals surface area contributed by atoms with Gasteiger partial charge in [-0.3, -0.25) is 0 Å². The molecule has 0 amide bonds. The summed E-state index contributed by atoms with van der Waals surface area (Å²) >= 11 is -0.0335. The van der Waals surface area contributed by atoms with Crippen LogP contribution in [0.2, 0.25) is 0 Å². The van der Waals surface area contributed by atoms with Gasteiger partial charge in [0.1, 0.15) is 6.26 Å². The second kappa shape index (κ2) is 5.39. The van der Waals surface area contributed by atoms with Crippen LogP contribution in [0.15, 0.2) is 40.7 Å². The van der Waals surface area contributed by atoms with Crippen molar-refractivity contribution in [1.29, 1.82) is 0 Å². The fraction of sp³-hybridized carbons (Fsp3) is 0.333. The largest absolute Gasteiger partial charge is 0.492 e. The van der Waals surface area contributed by atoms with Crippen LogP contribution >= 0.6 is 0 Å². The number of ether oxygens (including phenoxy) is 1. The summed E-state index contributed by atoms with van der Waals surface area (Å²) < 4.78 is 9.07. The van der Waals surface area contributed by atoms with E-state index in [1.54, 1.807) is 0 Å². The van der Waals surface area contributed by atoms with E-state index in [4.69, 9.17) is 4.74 Å². The van der Waals surface area contributed by atoms with E-state index >= 15 is 0 Å². The summed E-state index contributed by atoms with van der Waals surface area (Å²) in [6.45, 7) is 6.16. The third kappa shape index (κ3) is 5.27.